The zero-order chi connectivity index (χ0) is 15.6. The minimum absolute atomic E-state index is 0.0425. The summed E-state index contributed by atoms with van der Waals surface area (Å²) in [6.07, 6.45) is 0. The lowest BCUT2D eigenvalue weighted by atomic mass is 10.2. The number of Topliss-reactive ketones (excluding diaryl/α,β-unsaturated/α-hetero) is 1. The highest BCUT2D eigenvalue weighted by atomic mass is 79.9. The highest BCUT2D eigenvalue weighted by Crippen LogP contribution is 2.36. The molecule has 0 radical (unpaired) electrons. The molecular formula is C13H8Br4O3S. The number of benzene rings is 1. The van der Waals surface area contributed by atoms with Crippen LogP contribution in [0, 0.1) is 0 Å². The Morgan fingerprint density at radius 2 is 1.71 bits per heavy atom. The van der Waals surface area contributed by atoms with Crippen LogP contribution in [0.1, 0.15) is 10.4 Å². The van der Waals surface area contributed by atoms with Gasteiger partial charge in [0, 0.05) is 5.56 Å². The standard InChI is InChI=1S/C13H8Br4O3S/c1-19-10-3-8(15)11(4-7(10)14)20-5-9(18)6-2-12(16)21-13(6)17/h2-4H,5H2,1H3. The van der Waals surface area contributed by atoms with Crippen molar-refractivity contribution in [3.8, 4) is 11.5 Å². The van der Waals surface area contributed by atoms with Gasteiger partial charge in [0.15, 0.2) is 6.61 Å². The Bertz CT molecular complexity index is 684. The molecule has 2 aromatic rings. The molecule has 0 atom stereocenters. The molecule has 0 N–H and O–H groups in total. The first-order valence-corrected chi connectivity index (χ1v) is 9.55. The van der Waals surface area contributed by atoms with E-state index in [4.69, 9.17) is 9.47 Å². The fourth-order valence-electron chi connectivity index (χ4n) is 1.53. The molecule has 3 nitrogen and oxygen atoms in total. The van der Waals surface area contributed by atoms with E-state index in [0.29, 0.717) is 17.1 Å². The molecule has 0 saturated heterocycles. The molecule has 1 heterocycles. The molecule has 0 aliphatic rings. The Hall–Kier alpha value is 0.110. The molecule has 0 amide bonds. The number of halogens is 4. The van der Waals surface area contributed by atoms with Gasteiger partial charge in [0.05, 0.1) is 23.6 Å². The van der Waals surface area contributed by atoms with Crippen LogP contribution in [-0.4, -0.2) is 19.5 Å². The molecule has 112 valence electrons. The van der Waals surface area contributed by atoms with Crippen molar-refractivity contribution in [2.75, 3.05) is 13.7 Å². The number of rotatable bonds is 5. The largest absolute Gasteiger partial charge is 0.496 e. The van der Waals surface area contributed by atoms with Crippen LogP contribution in [-0.2, 0) is 0 Å². The molecule has 0 spiro atoms. The molecule has 0 saturated carbocycles. The van der Waals surface area contributed by atoms with Crippen LogP contribution in [0.2, 0.25) is 0 Å². The predicted octanol–water partition coefficient (Wildman–Crippen LogP) is 6.07. The molecule has 8 heteroatoms. The fraction of sp³-hybridized carbons (Fsp3) is 0.154. The summed E-state index contributed by atoms with van der Waals surface area (Å²) in [5.41, 5.74) is 0.607. The number of carbonyl (C=O) groups is 1. The monoisotopic (exact) mass is 560 g/mol. The Balaban J connectivity index is 2.11. The van der Waals surface area contributed by atoms with E-state index in [1.54, 1.807) is 25.3 Å². The molecule has 0 aliphatic heterocycles. The first kappa shape index (κ1) is 17.5. The molecular weight excluding hydrogens is 556 g/mol. The van der Waals surface area contributed by atoms with Gasteiger partial charge >= 0.3 is 0 Å². The summed E-state index contributed by atoms with van der Waals surface area (Å²) in [5.74, 6) is 1.16. The van der Waals surface area contributed by atoms with Crippen molar-refractivity contribution in [3.63, 3.8) is 0 Å². The van der Waals surface area contributed by atoms with E-state index < -0.39 is 0 Å². The highest BCUT2D eigenvalue weighted by Gasteiger charge is 2.16. The smallest absolute Gasteiger partial charge is 0.202 e. The quantitative estimate of drug-likeness (QED) is 0.415. The number of hydrogen-bond donors (Lipinski definition) is 0. The average molecular weight is 564 g/mol. The first-order chi connectivity index (χ1) is 9.92. The maximum Gasteiger partial charge on any atom is 0.202 e. The second kappa shape index (κ2) is 7.59. The summed E-state index contributed by atoms with van der Waals surface area (Å²) in [6, 6.07) is 5.31. The zero-order valence-corrected chi connectivity index (χ0v) is 17.7. The third kappa shape index (κ3) is 4.31. The lowest BCUT2D eigenvalue weighted by Gasteiger charge is -2.10. The molecule has 0 bridgehead atoms. The fourth-order valence-corrected chi connectivity index (χ4v) is 5.31. The molecule has 1 aromatic carbocycles. The Labute approximate surface area is 159 Å². The summed E-state index contributed by atoms with van der Waals surface area (Å²) in [5, 5.41) is 0. The normalized spacial score (nSPS) is 10.5. The Morgan fingerprint density at radius 1 is 1.10 bits per heavy atom. The number of methoxy groups -OCH3 is 1. The highest BCUT2D eigenvalue weighted by molar-refractivity contribution is 9.12. The van der Waals surface area contributed by atoms with Crippen molar-refractivity contribution >= 4 is 80.8 Å². The van der Waals surface area contributed by atoms with E-state index in [9.17, 15) is 4.79 Å². The van der Waals surface area contributed by atoms with E-state index in [1.165, 1.54) is 11.3 Å². The molecule has 1 aromatic heterocycles. The third-order valence-corrected chi connectivity index (χ3v) is 6.10. The lowest BCUT2D eigenvalue weighted by molar-refractivity contribution is 0.0920. The summed E-state index contributed by atoms with van der Waals surface area (Å²) < 4.78 is 13.9. The van der Waals surface area contributed by atoms with E-state index in [-0.39, 0.29) is 12.4 Å². The van der Waals surface area contributed by atoms with Gasteiger partial charge in [0.1, 0.15) is 11.5 Å². The van der Waals surface area contributed by atoms with Crippen LogP contribution in [0.3, 0.4) is 0 Å². The number of hydrogen-bond acceptors (Lipinski definition) is 4. The maximum atomic E-state index is 12.2. The number of ether oxygens (including phenoxy) is 2. The van der Waals surface area contributed by atoms with E-state index >= 15 is 0 Å². The van der Waals surface area contributed by atoms with Gasteiger partial charge in [-0.25, -0.2) is 0 Å². The van der Waals surface area contributed by atoms with Crippen molar-refractivity contribution < 1.29 is 14.3 Å². The van der Waals surface area contributed by atoms with Gasteiger partial charge in [-0.2, -0.15) is 0 Å². The van der Waals surface area contributed by atoms with Crippen LogP contribution in [0.25, 0.3) is 0 Å². The van der Waals surface area contributed by atoms with Crippen LogP contribution >= 0.6 is 75.1 Å². The van der Waals surface area contributed by atoms with Crippen molar-refractivity contribution in [2.24, 2.45) is 0 Å². The van der Waals surface area contributed by atoms with Gasteiger partial charge in [0.2, 0.25) is 5.78 Å². The maximum absolute atomic E-state index is 12.2. The van der Waals surface area contributed by atoms with Crippen molar-refractivity contribution in [3.05, 3.63) is 40.3 Å². The molecule has 0 unspecified atom stereocenters. The van der Waals surface area contributed by atoms with Gasteiger partial charge in [-0.05, 0) is 81.9 Å². The zero-order valence-electron chi connectivity index (χ0n) is 10.6. The molecule has 0 fully saturated rings. The average Bonchev–Trinajstić information content (AvgIpc) is 2.78. The number of ketones is 1. The van der Waals surface area contributed by atoms with Crippen molar-refractivity contribution in [1.82, 2.24) is 0 Å². The molecule has 0 aliphatic carbocycles. The van der Waals surface area contributed by atoms with Gasteiger partial charge in [-0.1, -0.05) is 0 Å². The van der Waals surface area contributed by atoms with Crippen LogP contribution in [0.5, 0.6) is 11.5 Å². The van der Waals surface area contributed by atoms with Gasteiger partial charge in [-0.3, -0.25) is 4.79 Å². The minimum atomic E-state index is -0.0948. The van der Waals surface area contributed by atoms with E-state index in [0.717, 1.165) is 16.5 Å². The second-order valence-corrected chi connectivity index (χ2v) is 9.32. The minimum Gasteiger partial charge on any atom is -0.496 e. The van der Waals surface area contributed by atoms with Crippen LogP contribution in [0.4, 0.5) is 0 Å². The lowest BCUT2D eigenvalue weighted by Crippen LogP contribution is -2.11. The number of carbonyl (C=O) groups excluding carboxylic acids is 1. The third-order valence-electron chi connectivity index (χ3n) is 2.52. The second-order valence-electron chi connectivity index (χ2n) is 3.87. The SMILES string of the molecule is COc1cc(Br)c(OCC(=O)c2cc(Br)sc2Br)cc1Br. The van der Waals surface area contributed by atoms with Crippen LogP contribution < -0.4 is 9.47 Å². The topological polar surface area (TPSA) is 35.5 Å². The summed E-state index contributed by atoms with van der Waals surface area (Å²) >= 11 is 15.0. The van der Waals surface area contributed by atoms with E-state index in [2.05, 4.69) is 63.7 Å². The van der Waals surface area contributed by atoms with Crippen molar-refractivity contribution in [1.29, 1.82) is 0 Å². The Kier molecular flexibility index (Phi) is 6.31. The summed E-state index contributed by atoms with van der Waals surface area (Å²) in [6.45, 7) is -0.0425. The molecule has 2 rings (SSSR count). The molecule has 21 heavy (non-hydrogen) atoms. The Morgan fingerprint density at radius 3 is 2.29 bits per heavy atom. The summed E-state index contributed by atoms with van der Waals surface area (Å²) in [4.78, 5) is 12.2. The van der Waals surface area contributed by atoms with Crippen LogP contribution in [0.15, 0.2) is 34.7 Å². The van der Waals surface area contributed by atoms with Gasteiger partial charge in [-0.15, -0.1) is 11.3 Å². The first-order valence-electron chi connectivity index (χ1n) is 5.56. The summed E-state index contributed by atoms with van der Waals surface area (Å²) in [7, 11) is 1.59. The van der Waals surface area contributed by atoms with Crippen molar-refractivity contribution in [2.45, 2.75) is 0 Å². The van der Waals surface area contributed by atoms with E-state index in [1.807, 2.05) is 0 Å². The van der Waals surface area contributed by atoms with Gasteiger partial charge < -0.3 is 9.47 Å². The van der Waals surface area contributed by atoms with Gasteiger partial charge in [0.25, 0.3) is 0 Å². The predicted molar refractivity (Wildman–Crippen MR) is 97.9 cm³/mol. The number of thiophene rings is 1.